The summed E-state index contributed by atoms with van der Waals surface area (Å²) in [6.45, 7) is 0.0679. The number of carbonyl (C=O) groups is 2. The second kappa shape index (κ2) is 8.21. The summed E-state index contributed by atoms with van der Waals surface area (Å²) < 4.78 is 0.653. The Hall–Kier alpha value is -2.51. The standard InChI is InChI=1S/C16H13BrN2O4/c17-14-6-7-18-9-13(14)8-15(16(21)22)19(11-20)23-10-12-4-2-1-3-5-12/h1-9,11H,10H2,(H,21,22)/b15-8-. The van der Waals surface area contributed by atoms with Crippen LogP contribution >= 0.6 is 15.9 Å². The Morgan fingerprint density at radius 3 is 2.65 bits per heavy atom. The summed E-state index contributed by atoms with van der Waals surface area (Å²) >= 11 is 3.30. The van der Waals surface area contributed by atoms with E-state index in [1.165, 1.54) is 12.3 Å². The molecule has 0 aliphatic carbocycles. The Morgan fingerprint density at radius 1 is 1.30 bits per heavy atom. The van der Waals surface area contributed by atoms with Gasteiger partial charge in [-0.05, 0) is 17.7 Å². The summed E-state index contributed by atoms with van der Waals surface area (Å²) in [7, 11) is 0. The van der Waals surface area contributed by atoms with Crippen molar-refractivity contribution in [3.63, 3.8) is 0 Å². The fourth-order valence-electron chi connectivity index (χ4n) is 1.74. The Kier molecular flexibility index (Phi) is 6.02. The predicted molar refractivity (Wildman–Crippen MR) is 86.7 cm³/mol. The van der Waals surface area contributed by atoms with Crippen molar-refractivity contribution in [3.8, 4) is 0 Å². The smallest absolute Gasteiger partial charge is 0.355 e. The van der Waals surface area contributed by atoms with Crippen molar-refractivity contribution in [3.05, 3.63) is 70.1 Å². The van der Waals surface area contributed by atoms with Gasteiger partial charge in [0.05, 0.1) is 0 Å². The van der Waals surface area contributed by atoms with Gasteiger partial charge in [-0.1, -0.05) is 46.3 Å². The minimum atomic E-state index is -1.29. The Bertz CT molecular complexity index is 719. The quantitative estimate of drug-likeness (QED) is 0.456. The van der Waals surface area contributed by atoms with Crippen LogP contribution in [-0.2, 0) is 21.0 Å². The van der Waals surface area contributed by atoms with Crippen LogP contribution in [-0.4, -0.2) is 27.5 Å². The third-order valence-electron chi connectivity index (χ3n) is 2.85. The highest BCUT2D eigenvalue weighted by molar-refractivity contribution is 9.10. The van der Waals surface area contributed by atoms with Gasteiger partial charge in [-0.3, -0.25) is 14.6 Å². The van der Waals surface area contributed by atoms with E-state index in [9.17, 15) is 14.7 Å². The summed E-state index contributed by atoms with van der Waals surface area (Å²) in [4.78, 5) is 31.9. The molecule has 0 aliphatic rings. The molecule has 0 atom stereocenters. The van der Waals surface area contributed by atoms with E-state index in [1.54, 1.807) is 12.3 Å². The van der Waals surface area contributed by atoms with E-state index < -0.39 is 5.97 Å². The zero-order valence-corrected chi connectivity index (χ0v) is 13.5. The highest BCUT2D eigenvalue weighted by Gasteiger charge is 2.18. The molecule has 0 saturated carbocycles. The van der Waals surface area contributed by atoms with Crippen molar-refractivity contribution in [1.82, 2.24) is 10.0 Å². The number of pyridine rings is 1. The number of hydrogen-bond acceptors (Lipinski definition) is 4. The summed E-state index contributed by atoms with van der Waals surface area (Å²) in [5.74, 6) is -1.29. The van der Waals surface area contributed by atoms with Gasteiger partial charge in [-0.15, -0.1) is 0 Å². The first kappa shape index (κ1) is 16.9. The van der Waals surface area contributed by atoms with Gasteiger partial charge in [-0.25, -0.2) is 4.79 Å². The molecule has 0 spiro atoms. The van der Waals surface area contributed by atoms with Crippen LogP contribution in [0, 0.1) is 0 Å². The lowest BCUT2D eigenvalue weighted by molar-refractivity contribution is -0.171. The van der Waals surface area contributed by atoms with Gasteiger partial charge in [0.15, 0.2) is 5.70 Å². The average molecular weight is 377 g/mol. The molecule has 118 valence electrons. The molecule has 1 aromatic carbocycles. The summed E-state index contributed by atoms with van der Waals surface area (Å²) in [5.41, 5.74) is 1.01. The van der Waals surface area contributed by atoms with Crippen LogP contribution < -0.4 is 0 Å². The molecule has 0 unspecified atom stereocenters. The van der Waals surface area contributed by atoms with Crippen molar-refractivity contribution in [1.29, 1.82) is 0 Å². The number of carboxylic acid groups (broad SMARTS) is 1. The number of hydrogen-bond donors (Lipinski definition) is 1. The first-order chi connectivity index (χ1) is 11.1. The van der Waals surface area contributed by atoms with Crippen LogP contribution in [0.1, 0.15) is 11.1 Å². The maximum Gasteiger partial charge on any atom is 0.355 e. The number of aromatic nitrogens is 1. The Labute approximate surface area is 141 Å². The van der Waals surface area contributed by atoms with Crippen molar-refractivity contribution in [2.24, 2.45) is 0 Å². The zero-order valence-electron chi connectivity index (χ0n) is 11.9. The number of benzene rings is 1. The lowest BCUT2D eigenvalue weighted by atomic mass is 10.2. The zero-order chi connectivity index (χ0) is 16.7. The van der Waals surface area contributed by atoms with E-state index in [1.807, 2.05) is 30.3 Å². The highest BCUT2D eigenvalue weighted by Crippen LogP contribution is 2.19. The first-order valence-corrected chi connectivity index (χ1v) is 7.37. The van der Waals surface area contributed by atoms with E-state index in [0.29, 0.717) is 21.5 Å². The van der Waals surface area contributed by atoms with Gasteiger partial charge in [0.1, 0.15) is 6.61 Å². The number of nitrogens with zero attached hydrogens (tertiary/aromatic N) is 2. The van der Waals surface area contributed by atoms with Crippen molar-refractivity contribution in [2.75, 3.05) is 0 Å². The molecule has 0 aliphatic heterocycles. The number of carbonyl (C=O) groups excluding carboxylic acids is 1. The molecular formula is C16H13BrN2O4. The Morgan fingerprint density at radius 2 is 2.04 bits per heavy atom. The van der Waals surface area contributed by atoms with Crippen LogP contribution in [0.4, 0.5) is 0 Å². The first-order valence-electron chi connectivity index (χ1n) is 6.57. The minimum absolute atomic E-state index is 0.0679. The molecule has 0 fully saturated rings. The number of hydroxylamine groups is 2. The maximum absolute atomic E-state index is 11.4. The normalized spacial score (nSPS) is 11.1. The number of halogens is 1. The third-order valence-corrected chi connectivity index (χ3v) is 3.58. The van der Waals surface area contributed by atoms with Crippen molar-refractivity contribution >= 4 is 34.4 Å². The van der Waals surface area contributed by atoms with E-state index >= 15 is 0 Å². The predicted octanol–water partition coefficient (Wildman–Crippen LogP) is 2.86. The van der Waals surface area contributed by atoms with E-state index in [0.717, 1.165) is 5.56 Å². The van der Waals surface area contributed by atoms with Crippen molar-refractivity contribution in [2.45, 2.75) is 6.61 Å². The van der Waals surface area contributed by atoms with Crippen LogP contribution in [0.25, 0.3) is 6.08 Å². The molecule has 2 aromatic rings. The molecule has 2 rings (SSSR count). The number of carboxylic acids is 1. The number of amides is 1. The summed E-state index contributed by atoms with van der Waals surface area (Å²) in [6.07, 6.45) is 4.66. The fourth-order valence-corrected chi connectivity index (χ4v) is 2.07. The average Bonchev–Trinajstić information content (AvgIpc) is 2.56. The lowest BCUT2D eigenvalue weighted by Crippen LogP contribution is -2.26. The molecule has 1 heterocycles. The molecule has 0 saturated heterocycles. The Balaban J connectivity index is 2.22. The summed E-state index contributed by atoms with van der Waals surface area (Å²) in [5, 5.41) is 10.0. The number of aliphatic carboxylic acids is 1. The monoisotopic (exact) mass is 376 g/mol. The van der Waals surface area contributed by atoms with Crippen molar-refractivity contribution < 1.29 is 19.5 Å². The topological polar surface area (TPSA) is 79.7 Å². The van der Waals surface area contributed by atoms with Gasteiger partial charge in [0.25, 0.3) is 0 Å². The van der Waals surface area contributed by atoms with Crippen LogP contribution in [0.3, 0.4) is 0 Å². The largest absolute Gasteiger partial charge is 0.476 e. The highest BCUT2D eigenvalue weighted by atomic mass is 79.9. The minimum Gasteiger partial charge on any atom is -0.476 e. The van der Waals surface area contributed by atoms with E-state index in [-0.39, 0.29) is 12.3 Å². The lowest BCUT2D eigenvalue weighted by Gasteiger charge is -2.17. The van der Waals surface area contributed by atoms with Gasteiger partial charge in [0, 0.05) is 22.4 Å². The van der Waals surface area contributed by atoms with Gasteiger partial charge >= 0.3 is 5.97 Å². The van der Waals surface area contributed by atoms with Crippen LogP contribution in [0.15, 0.2) is 59.0 Å². The molecule has 0 radical (unpaired) electrons. The molecule has 1 amide bonds. The van der Waals surface area contributed by atoms with E-state index in [4.69, 9.17) is 4.84 Å². The van der Waals surface area contributed by atoms with Crippen LogP contribution in [0.2, 0.25) is 0 Å². The SMILES string of the molecule is O=CN(OCc1ccccc1)/C(=C\c1cnccc1Br)C(=O)O. The maximum atomic E-state index is 11.4. The molecular weight excluding hydrogens is 364 g/mol. The van der Waals surface area contributed by atoms with E-state index in [2.05, 4.69) is 20.9 Å². The molecule has 7 heteroatoms. The third kappa shape index (κ3) is 4.73. The number of rotatable bonds is 7. The molecule has 0 bridgehead atoms. The van der Waals surface area contributed by atoms with Gasteiger partial charge in [-0.2, -0.15) is 5.06 Å². The van der Waals surface area contributed by atoms with Gasteiger partial charge in [0.2, 0.25) is 6.41 Å². The molecule has 23 heavy (non-hydrogen) atoms. The second-order valence-electron chi connectivity index (χ2n) is 4.42. The van der Waals surface area contributed by atoms with Crippen LogP contribution in [0.5, 0.6) is 0 Å². The fraction of sp³-hybridized carbons (Fsp3) is 0.0625. The summed E-state index contributed by atoms with van der Waals surface area (Å²) in [6, 6.07) is 10.8. The second-order valence-corrected chi connectivity index (χ2v) is 5.28. The van der Waals surface area contributed by atoms with Gasteiger partial charge < -0.3 is 5.11 Å². The molecule has 1 N–H and O–H groups in total. The molecule has 1 aromatic heterocycles. The molecule has 6 nitrogen and oxygen atoms in total.